The van der Waals surface area contributed by atoms with Gasteiger partial charge in [0.1, 0.15) is 17.8 Å². The normalized spacial score (nSPS) is 17.8. The van der Waals surface area contributed by atoms with Gasteiger partial charge in [-0.25, -0.2) is 9.78 Å². The van der Waals surface area contributed by atoms with Crippen molar-refractivity contribution < 1.29 is 14.3 Å². The molecule has 1 saturated heterocycles. The molecule has 0 radical (unpaired) electrons. The van der Waals surface area contributed by atoms with E-state index in [1.807, 2.05) is 12.1 Å². The molecule has 1 atom stereocenters. The minimum Gasteiger partial charge on any atom is -0.459 e. The maximum Gasteiger partial charge on any atom is 0.351 e. The molecule has 2 heterocycles. The van der Waals surface area contributed by atoms with Crippen molar-refractivity contribution in [2.45, 2.75) is 25.5 Å². The van der Waals surface area contributed by atoms with Crippen molar-refractivity contribution in [2.75, 3.05) is 19.5 Å². The lowest BCUT2D eigenvalue weighted by molar-refractivity contribution is -0.141. The average Bonchev–Trinajstić information content (AvgIpc) is 3.11. The minimum absolute atomic E-state index is 0.0394. The molecule has 0 bridgehead atoms. The number of halogens is 1. The molecule has 1 aliphatic heterocycles. The van der Waals surface area contributed by atoms with E-state index in [1.165, 1.54) is 11.8 Å². The fourth-order valence-electron chi connectivity index (χ4n) is 2.16. The molecule has 6 nitrogen and oxygen atoms in total. The molecule has 24 heavy (non-hydrogen) atoms. The lowest BCUT2D eigenvalue weighted by atomic mass is 10.2. The maximum atomic E-state index is 12.1. The third kappa shape index (κ3) is 5.41. The molecule has 1 aromatic heterocycles. The van der Waals surface area contributed by atoms with Crippen LogP contribution in [0.3, 0.4) is 0 Å². The summed E-state index contributed by atoms with van der Waals surface area (Å²) >= 11 is 7.02. The third-order valence-corrected chi connectivity index (χ3v) is 4.39. The highest BCUT2D eigenvalue weighted by molar-refractivity contribution is 8.02. The van der Waals surface area contributed by atoms with Gasteiger partial charge in [-0.05, 0) is 30.7 Å². The van der Waals surface area contributed by atoms with E-state index in [1.54, 1.807) is 18.5 Å². The van der Waals surface area contributed by atoms with Gasteiger partial charge in [-0.15, -0.1) is 11.8 Å². The Morgan fingerprint density at radius 3 is 3.04 bits per heavy atom. The largest absolute Gasteiger partial charge is 0.459 e. The number of nitrogens with one attached hydrogen (secondary N) is 1. The van der Waals surface area contributed by atoms with Gasteiger partial charge >= 0.3 is 5.97 Å². The van der Waals surface area contributed by atoms with Crippen LogP contribution in [0.1, 0.15) is 18.4 Å². The van der Waals surface area contributed by atoms with Crippen LogP contribution in [-0.2, 0) is 20.8 Å². The molecule has 128 valence electrons. The number of hydrogen-bond donors (Lipinski definition) is 1. The third-order valence-electron chi connectivity index (χ3n) is 3.41. The number of ether oxygens (including phenoxy) is 2. The Hall–Kier alpha value is -1.75. The summed E-state index contributed by atoms with van der Waals surface area (Å²) in [5.74, 6) is -0.640. The summed E-state index contributed by atoms with van der Waals surface area (Å²) in [5, 5.41) is 13.2. The standard InChI is InChI=1S/C16H18ClN3O3S/c1-24-15(20-9-11-4-5-14(17)19-8-11)13(7-18)16(21)23-10-12-3-2-6-22-12/h4-5,8,12,20H,2-3,6,9-10H2,1H3/b15-13+. The van der Waals surface area contributed by atoms with Crippen molar-refractivity contribution in [1.29, 1.82) is 5.26 Å². The number of nitriles is 1. The van der Waals surface area contributed by atoms with E-state index in [9.17, 15) is 10.1 Å². The first-order chi connectivity index (χ1) is 11.6. The maximum absolute atomic E-state index is 12.1. The zero-order valence-corrected chi connectivity index (χ0v) is 14.8. The Labute approximate surface area is 150 Å². The van der Waals surface area contributed by atoms with E-state index in [0.717, 1.165) is 18.4 Å². The number of nitrogens with zero attached hydrogens (tertiary/aromatic N) is 2. The van der Waals surface area contributed by atoms with Gasteiger partial charge in [0.05, 0.1) is 11.1 Å². The summed E-state index contributed by atoms with van der Waals surface area (Å²) < 4.78 is 10.6. The molecular weight excluding hydrogens is 350 g/mol. The Morgan fingerprint density at radius 1 is 1.62 bits per heavy atom. The second-order valence-electron chi connectivity index (χ2n) is 5.10. The lowest BCUT2D eigenvalue weighted by Crippen LogP contribution is -2.21. The lowest BCUT2D eigenvalue weighted by Gasteiger charge is -2.13. The van der Waals surface area contributed by atoms with Crippen LogP contribution in [0.15, 0.2) is 28.9 Å². The van der Waals surface area contributed by atoms with E-state index in [2.05, 4.69) is 10.3 Å². The SMILES string of the molecule is CS/C(NCc1ccc(Cl)nc1)=C(\C#N)C(=O)OCC1CCCO1. The van der Waals surface area contributed by atoms with E-state index >= 15 is 0 Å². The van der Waals surface area contributed by atoms with Gasteiger partial charge in [-0.2, -0.15) is 5.26 Å². The molecule has 8 heteroatoms. The second kappa shape index (κ2) is 9.52. The predicted molar refractivity (Wildman–Crippen MR) is 92.2 cm³/mol. The van der Waals surface area contributed by atoms with Gasteiger partial charge in [0, 0.05) is 19.3 Å². The van der Waals surface area contributed by atoms with Crippen LogP contribution in [0.4, 0.5) is 0 Å². The molecule has 1 aliphatic rings. The molecule has 1 unspecified atom stereocenters. The van der Waals surface area contributed by atoms with Crippen LogP contribution in [0.5, 0.6) is 0 Å². The monoisotopic (exact) mass is 367 g/mol. The Kier molecular flexibility index (Phi) is 7.37. The number of rotatable bonds is 7. The van der Waals surface area contributed by atoms with Crippen molar-refractivity contribution >= 4 is 29.3 Å². The van der Waals surface area contributed by atoms with Crippen molar-refractivity contribution in [2.24, 2.45) is 0 Å². The quantitative estimate of drug-likeness (QED) is 0.343. The van der Waals surface area contributed by atoms with Crippen LogP contribution in [0, 0.1) is 11.3 Å². The number of aromatic nitrogens is 1. The number of esters is 1. The van der Waals surface area contributed by atoms with Crippen LogP contribution in [-0.4, -0.2) is 36.5 Å². The summed E-state index contributed by atoms with van der Waals surface area (Å²) in [4.78, 5) is 16.1. The second-order valence-corrected chi connectivity index (χ2v) is 6.30. The molecule has 0 saturated carbocycles. The predicted octanol–water partition coefficient (Wildman–Crippen LogP) is 2.64. The molecule has 0 amide bonds. The Balaban J connectivity index is 1.97. The number of pyridine rings is 1. The summed E-state index contributed by atoms with van der Waals surface area (Å²) in [7, 11) is 0. The fourth-order valence-corrected chi connectivity index (χ4v) is 2.82. The highest BCUT2D eigenvalue weighted by Crippen LogP contribution is 2.18. The summed E-state index contributed by atoms with van der Waals surface area (Å²) in [6.45, 7) is 1.28. The minimum atomic E-state index is -0.640. The number of carbonyl (C=O) groups is 1. The zero-order valence-electron chi connectivity index (χ0n) is 13.3. The smallest absolute Gasteiger partial charge is 0.351 e. The van der Waals surface area contributed by atoms with Gasteiger partial charge in [0.2, 0.25) is 0 Å². The van der Waals surface area contributed by atoms with Gasteiger partial charge in [-0.3, -0.25) is 0 Å². The van der Waals surface area contributed by atoms with Gasteiger partial charge in [-0.1, -0.05) is 17.7 Å². The highest BCUT2D eigenvalue weighted by atomic mass is 35.5. The first-order valence-electron chi connectivity index (χ1n) is 7.45. The topological polar surface area (TPSA) is 84.2 Å². The highest BCUT2D eigenvalue weighted by Gasteiger charge is 2.21. The molecule has 1 aromatic rings. The first-order valence-corrected chi connectivity index (χ1v) is 9.05. The fraction of sp³-hybridized carbons (Fsp3) is 0.438. The molecule has 0 aromatic carbocycles. The number of carbonyl (C=O) groups excluding carboxylic acids is 1. The summed E-state index contributed by atoms with van der Waals surface area (Å²) in [6.07, 6.45) is 5.19. The molecule has 1 N–H and O–H groups in total. The number of thioether (sulfide) groups is 1. The molecule has 0 spiro atoms. The van der Waals surface area contributed by atoms with Crippen molar-refractivity contribution in [3.05, 3.63) is 39.6 Å². The van der Waals surface area contributed by atoms with E-state index < -0.39 is 5.97 Å². The average molecular weight is 368 g/mol. The number of hydrogen-bond acceptors (Lipinski definition) is 7. The van der Waals surface area contributed by atoms with Crippen LogP contribution in [0.25, 0.3) is 0 Å². The first kappa shape index (κ1) is 18.6. The van der Waals surface area contributed by atoms with Crippen LogP contribution < -0.4 is 5.32 Å². The summed E-state index contributed by atoms with van der Waals surface area (Å²) in [5.41, 5.74) is 0.846. The van der Waals surface area contributed by atoms with E-state index in [0.29, 0.717) is 23.3 Å². The van der Waals surface area contributed by atoms with Crippen LogP contribution in [0.2, 0.25) is 5.15 Å². The van der Waals surface area contributed by atoms with E-state index in [4.69, 9.17) is 21.1 Å². The van der Waals surface area contributed by atoms with Gasteiger partial charge in [0.15, 0.2) is 5.57 Å². The Morgan fingerprint density at radius 2 is 2.46 bits per heavy atom. The van der Waals surface area contributed by atoms with Gasteiger partial charge in [0.25, 0.3) is 0 Å². The van der Waals surface area contributed by atoms with Crippen molar-refractivity contribution in [3.63, 3.8) is 0 Å². The molecular formula is C16H18ClN3O3S. The molecule has 2 rings (SSSR count). The van der Waals surface area contributed by atoms with E-state index in [-0.39, 0.29) is 18.3 Å². The molecule has 1 fully saturated rings. The van der Waals surface area contributed by atoms with Gasteiger partial charge < -0.3 is 14.8 Å². The molecule has 0 aliphatic carbocycles. The zero-order chi connectivity index (χ0) is 17.4. The van der Waals surface area contributed by atoms with Crippen LogP contribution >= 0.6 is 23.4 Å². The van der Waals surface area contributed by atoms with Crippen molar-refractivity contribution in [3.8, 4) is 6.07 Å². The Bertz CT molecular complexity index is 637. The van der Waals surface area contributed by atoms with Crippen molar-refractivity contribution in [1.82, 2.24) is 10.3 Å². The summed E-state index contributed by atoms with van der Waals surface area (Å²) in [6, 6.07) is 5.42.